The summed E-state index contributed by atoms with van der Waals surface area (Å²) in [5, 5.41) is 10.7. The molecule has 0 aromatic rings. The third-order valence-corrected chi connectivity index (χ3v) is 22.3. The second-order valence-electron chi connectivity index (χ2n) is 31.1. The SMILES string of the molecule is CCC(C)CCCCCCCCCCCCCCCCC(=O)O[C@H](COC(=O)CCCCCCCCCCCCCCCC(C)C)COP(=O)(O)OC[C@@H](O)COP(=O)(O)OC[C@@H](COC(=O)CCCCCCCCC(C)CC)OC(=O)CCCCCCCCCCCCCCCCC(C)CC. The summed E-state index contributed by atoms with van der Waals surface area (Å²) in [6.45, 7) is 14.3. The van der Waals surface area contributed by atoms with E-state index < -0.39 is 97.5 Å². The van der Waals surface area contributed by atoms with E-state index in [1.807, 2.05) is 0 Å². The molecule has 0 aliphatic heterocycles. The fourth-order valence-corrected chi connectivity index (χ4v) is 14.3. The maximum absolute atomic E-state index is 13.1. The molecule has 0 amide bonds. The van der Waals surface area contributed by atoms with Gasteiger partial charge in [0, 0.05) is 25.7 Å². The standard InChI is InChI=1S/C83H162O17P2/c1-9-74(6)60-52-44-36-30-24-18-12-14-20-27-33-39-49-57-65-82(87)99-78(69-93-80(85)63-55-47-38-32-26-22-16-17-23-29-35-43-51-59-73(4)5)71-97-101(89,90)95-67-77(84)68-96-102(91,92)98-72-79(70-94-81(86)64-56-48-42-41-46-54-62-76(8)11-3)100-83(88)66-58-50-40-34-28-21-15-13-19-25-31-37-45-53-61-75(7)10-2/h73-79,84H,9-72H2,1-8H3,(H,89,90)(H,91,92)/t74?,75?,76?,77-,78-,79-/m1/s1. The van der Waals surface area contributed by atoms with Gasteiger partial charge in [0.15, 0.2) is 12.2 Å². The number of unbranched alkanes of at least 4 members (excludes halogenated alkanes) is 43. The minimum atomic E-state index is -4.96. The van der Waals surface area contributed by atoms with E-state index in [1.54, 1.807) is 0 Å². The molecule has 0 saturated carbocycles. The van der Waals surface area contributed by atoms with E-state index in [-0.39, 0.29) is 25.7 Å². The van der Waals surface area contributed by atoms with Gasteiger partial charge in [-0.1, -0.05) is 376 Å². The molecule has 0 aromatic carbocycles. The summed E-state index contributed by atoms with van der Waals surface area (Å²) < 4.78 is 68.8. The lowest BCUT2D eigenvalue weighted by Gasteiger charge is -2.21. The molecule has 17 nitrogen and oxygen atoms in total. The molecule has 0 rings (SSSR count). The Balaban J connectivity index is 5.25. The zero-order valence-electron chi connectivity index (χ0n) is 67.2. The van der Waals surface area contributed by atoms with Crippen LogP contribution < -0.4 is 0 Å². The summed E-state index contributed by atoms with van der Waals surface area (Å²) in [6, 6.07) is 0. The predicted octanol–water partition coefficient (Wildman–Crippen LogP) is 24.8. The van der Waals surface area contributed by atoms with E-state index in [4.69, 9.17) is 37.0 Å². The molecule has 0 aliphatic rings. The first-order chi connectivity index (χ1) is 49.2. The highest BCUT2D eigenvalue weighted by atomic mass is 31.2. The Morgan fingerprint density at radius 3 is 0.696 bits per heavy atom. The second kappa shape index (κ2) is 72.0. The van der Waals surface area contributed by atoms with Gasteiger partial charge in [-0.05, 0) is 49.4 Å². The zero-order valence-corrected chi connectivity index (χ0v) is 69.0. The van der Waals surface area contributed by atoms with Crippen LogP contribution in [0.3, 0.4) is 0 Å². The van der Waals surface area contributed by atoms with Gasteiger partial charge in [0.25, 0.3) is 0 Å². The number of hydrogen-bond acceptors (Lipinski definition) is 15. The molecule has 0 heterocycles. The zero-order chi connectivity index (χ0) is 75.3. The van der Waals surface area contributed by atoms with Crippen molar-refractivity contribution in [2.24, 2.45) is 23.7 Å². The van der Waals surface area contributed by atoms with Crippen molar-refractivity contribution in [3.63, 3.8) is 0 Å². The van der Waals surface area contributed by atoms with Crippen molar-refractivity contribution in [1.29, 1.82) is 0 Å². The van der Waals surface area contributed by atoms with E-state index >= 15 is 0 Å². The fourth-order valence-electron chi connectivity index (χ4n) is 12.7. The minimum Gasteiger partial charge on any atom is -0.462 e. The van der Waals surface area contributed by atoms with Gasteiger partial charge in [-0.2, -0.15) is 0 Å². The smallest absolute Gasteiger partial charge is 0.462 e. The first kappa shape index (κ1) is 100. The average molecular weight is 1490 g/mol. The van der Waals surface area contributed by atoms with Gasteiger partial charge in [-0.15, -0.1) is 0 Å². The number of phosphoric acid groups is 2. The highest BCUT2D eigenvalue weighted by Gasteiger charge is 2.30. The summed E-state index contributed by atoms with van der Waals surface area (Å²) in [5.74, 6) is 1.10. The molecule has 5 unspecified atom stereocenters. The van der Waals surface area contributed by atoms with Crippen molar-refractivity contribution in [3.05, 3.63) is 0 Å². The molecule has 0 aliphatic carbocycles. The molecule has 0 saturated heterocycles. The Bertz CT molecular complexity index is 1990. The van der Waals surface area contributed by atoms with Crippen LogP contribution in [0, 0.1) is 23.7 Å². The van der Waals surface area contributed by atoms with Crippen molar-refractivity contribution in [2.45, 2.75) is 446 Å². The summed E-state index contributed by atoms with van der Waals surface area (Å²) in [7, 11) is -9.93. The molecule has 0 bridgehead atoms. The number of aliphatic hydroxyl groups is 1. The fraction of sp³-hybridized carbons (Fsp3) is 0.952. The Labute approximate surface area is 626 Å². The van der Waals surface area contributed by atoms with Gasteiger partial charge < -0.3 is 33.8 Å². The topological polar surface area (TPSA) is 237 Å². The first-order valence-electron chi connectivity index (χ1n) is 42.8. The summed E-state index contributed by atoms with van der Waals surface area (Å²) in [6.07, 6.45) is 59.5. The number of rotatable bonds is 80. The maximum atomic E-state index is 13.1. The molecule has 102 heavy (non-hydrogen) atoms. The molecule has 0 spiro atoms. The number of phosphoric ester groups is 2. The van der Waals surface area contributed by atoms with Crippen LogP contribution in [-0.2, 0) is 65.4 Å². The molecule has 0 fully saturated rings. The van der Waals surface area contributed by atoms with Crippen LogP contribution in [0.25, 0.3) is 0 Å². The Morgan fingerprint density at radius 2 is 0.471 bits per heavy atom. The van der Waals surface area contributed by atoms with Crippen LogP contribution in [0.2, 0.25) is 0 Å². The lowest BCUT2D eigenvalue weighted by molar-refractivity contribution is -0.161. The lowest BCUT2D eigenvalue weighted by Crippen LogP contribution is -2.30. The van der Waals surface area contributed by atoms with Crippen molar-refractivity contribution >= 4 is 39.5 Å². The van der Waals surface area contributed by atoms with Gasteiger partial charge in [0.1, 0.15) is 19.3 Å². The Morgan fingerprint density at radius 1 is 0.275 bits per heavy atom. The molecular formula is C83H162O17P2. The third-order valence-electron chi connectivity index (χ3n) is 20.4. The molecular weight excluding hydrogens is 1330 g/mol. The monoisotopic (exact) mass is 1490 g/mol. The van der Waals surface area contributed by atoms with E-state index in [0.717, 1.165) is 120 Å². The molecule has 0 aromatic heterocycles. The van der Waals surface area contributed by atoms with Crippen molar-refractivity contribution < 1.29 is 80.2 Å². The van der Waals surface area contributed by atoms with Crippen LogP contribution in [0.5, 0.6) is 0 Å². The van der Waals surface area contributed by atoms with Gasteiger partial charge in [-0.3, -0.25) is 37.3 Å². The molecule has 606 valence electrons. The van der Waals surface area contributed by atoms with E-state index in [1.165, 1.54) is 225 Å². The van der Waals surface area contributed by atoms with Crippen molar-refractivity contribution in [3.8, 4) is 0 Å². The average Bonchev–Trinajstić information content (AvgIpc) is 0.970. The van der Waals surface area contributed by atoms with Crippen LogP contribution >= 0.6 is 15.6 Å². The molecule has 3 N–H and O–H groups in total. The number of carbonyl (C=O) groups is 4. The highest BCUT2D eigenvalue weighted by molar-refractivity contribution is 7.47. The van der Waals surface area contributed by atoms with Crippen LogP contribution in [0.1, 0.15) is 428 Å². The first-order valence-corrected chi connectivity index (χ1v) is 45.8. The molecule has 8 atom stereocenters. The number of aliphatic hydroxyl groups excluding tert-OH is 1. The van der Waals surface area contributed by atoms with Crippen molar-refractivity contribution in [1.82, 2.24) is 0 Å². The van der Waals surface area contributed by atoms with Gasteiger partial charge in [0.05, 0.1) is 26.4 Å². The summed E-state index contributed by atoms with van der Waals surface area (Å²) >= 11 is 0. The summed E-state index contributed by atoms with van der Waals surface area (Å²) in [4.78, 5) is 73.1. The van der Waals surface area contributed by atoms with Crippen LogP contribution in [-0.4, -0.2) is 96.7 Å². The Hall–Kier alpha value is -1.94. The summed E-state index contributed by atoms with van der Waals surface area (Å²) in [5.41, 5.74) is 0. The van der Waals surface area contributed by atoms with Crippen LogP contribution in [0.15, 0.2) is 0 Å². The minimum absolute atomic E-state index is 0.106. The number of carbonyl (C=O) groups excluding carboxylic acids is 4. The van der Waals surface area contributed by atoms with Gasteiger partial charge in [0.2, 0.25) is 0 Å². The van der Waals surface area contributed by atoms with Crippen molar-refractivity contribution in [2.75, 3.05) is 39.6 Å². The number of esters is 4. The molecule has 19 heteroatoms. The third kappa shape index (κ3) is 72.3. The largest absolute Gasteiger partial charge is 0.472 e. The second-order valence-corrected chi connectivity index (χ2v) is 34.0. The van der Waals surface area contributed by atoms with Gasteiger partial charge in [-0.25, -0.2) is 9.13 Å². The van der Waals surface area contributed by atoms with Gasteiger partial charge >= 0.3 is 39.5 Å². The van der Waals surface area contributed by atoms with E-state index in [0.29, 0.717) is 25.7 Å². The normalized spacial score (nSPS) is 14.8. The number of ether oxygens (including phenoxy) is 4. The quantitative estimate of drug-likeness (QED) is 0.0222. The highest BCUT2D eigenvalue weighted by Crippen LogP contribution is 2.45. The van der Waals surface area contributed by atoms with E-state index in [2.05, 4.69) is 55.4 Å². The maximum Gasteiger partial charge on any atom is 0.472 e. The number of hydrogen-bond donors (Lipinski definition) is 3. The van der Waals surface area contributed by atoms with E-state index in [9.17, 15) is 43.2 Å². The van der Waals surface area contributed by atoms with Crippen LogP contribution in [0.4, 0.5) is 0 Å². The lowest BCUT2D eigenvalue weighted by atomic mass is 9.99. The molecule has 0 radical (unpaired) electrons. The Kier molecular flexibility index (Phi) is 70.6. The predicted molar refractivity (Wildman–Crippen MR) is 418 cm³/mol.